The van der Waals surface area contributed by atoms with Crippen molar-refractivity contribution in [2.45, 2.75) is 19.0 Å². The van der Waals surface area contributed by atoms with Crippen LogP contribution in [0.15, 0.2) is 77.3 Å². The molecule has 7 nitrogen and oxygen atoms in total. The van der Waals surface area contributed by atoms with Crippen molar-refractivity contribution in [1.82, 2.24) is 14.5 Å². The molecule has 2 heterocycles. The van der Waals surface area contributed by atoms with E-state index in [1.807, 2.05) is 35.0 Å². The van der Waals surface area contributed by atoms with Crippen molar-refractivity contribution in [3.05, 3.63) is 88.4 Å². The van der Waals surface area contributed by atoms with Gasteiger partial charge in [-0.05, 0) is 48.4 Å². The minimum atomic E-state index is -0.686. The van der Waals surface area contributed by atoms with E-state index in [1.165, 1.54) is 4.90 Å². The van der Waals surface area contributed by atoms with Crippen molar-refractivity contribution >= 4 is 33.4 Å². The first kappa shape index (κ1) is 21.8. The molecule has 0 bridgehead atoms. The second-order valence-electron chi connectivity index (χ2n) is 7.43. The third kappa shape index (κ3) is 4.31. The van der Waals surface area contributed by atoms with E-state index in [-0.39, 0.29) is 11.3 Å². The fraction of sp³-hybridized carbons (Fsp3) is 0.208. The van der Waals surface area contributed by atoms with E-state index in [1.54, 1.807) is 43.9 Å². The van der Waals surface area contributed by atoms with Crippen molar-refractivity contribution in [3.8, 4) is 5.75 Å². The van der Waals surface area contributed by atoms with E-state index < -0.39 is 17.7 Å². The first-order valence-corrected chi connectivity index (χ1v) is 10.9. The Labute approximate surface area is 194 Å². The summed E-state index contributed by atoms with van der Waals surface area (Å²) < 4.78 is 7.97. The zero-order chi connectivity index (χ0) is 22.7. The smallest absolute Gasteiger partial charge is 0.295 e. The molecule has 1 N–H and O–H groups in total. The highest BCUT2D eigenvalue weighted by atomic mass is 79.9. The Bertz CT molecular complexity index is 1140. The molecule has 1 aromatic heterocycles. The molecule has 32 heavy (non-hydrogen) atoms. The number of Topliss-reactive ketones (excluding diaryl/α,β-unsaturated/α-hetero) is 1. The Kier molecular flexibility index (Phi) is 6.41. The minimum absolute atomic E-state index is 0.0881. The van der Waals surface area contributed by atoms with Gasteiger partial charge in [0.05, 0.1) is 25.1 Å². The van der Waals surface area contributed by atoms with E-state index in [0.717, 1.165) is 10.0 Å². The van der Waals surface area contributed by atoms with Gasteiger partial charge in [-0.3, -0.25) is 9.59 Å². The largest absolute Gasteiger partial charge is 0.507 e. The number of carbonyl (C=O) groups is 2. The SMILES string of the molecule is COc1ccc(/C(O)=C2\C(=O)C(=O)N(CCCn3ccnc3)[C@H]2c2ccc(Br)cc2)cc1. The Morgan fingerprint density at radius 3 is 2.44 bits per heavy atom. The topological polar surface area (TPSA) is 84.7 Å². The van der Waals surface area contributed by atoms with E-state index in [9.17, 15) is 14.7 Å². The number of hydrogen-bond acceptors (Lipinski definition) is 5. The molecule has 164 valence electrons. The lowest BCUT2D eigenvalue weighted by Crippen LogP contribution is -2.31. The maximum atomic E-state index is 13.0. The van der Waals surface area contributed by atoms with Gasteiger partial charge in [0.2, 0.25) is 0 Å². The molecular formula is C24H22BrN3O4. The lowest BCUT2D eigenvalue weighted by Gasteiger charge is -2.25. The number of imidazole rings is 1. The summed E-state index contributed by atoms with van der Waals surface area (Å²) in [6.07, 6.45) is 5.90. The van der Waals surface area contributed by atoms with Crippen molar-refractivity contribution in [3.63, 3.8) is 0 Å². The average molecular weight is 496 g/mol. The quantitative estimate of drug-likeness (QED) is 0.302. The molecule has 0 unspecified atom stereocenters. The number of aliphatic hydroxyl groups is 1. The molecule has 4 rings (SSSR count). The van der Waals surface area contributed by atoms with Crippen LogP contribution < -0.4 is 4.74 Å². The van der Waals surface area contributed by atoms with Crippen LogP contribution in [0.3, 0.4) is 0 Å². The molecule has 1 atom stereocenters. The maximum Gasteiger partial charge on any atom is 0.295 e. The van der Waals surface area contributed by atoms with Crippen molar-refractivity contribution in [2.75, 3.05) is 13.7 Å². The van der Waals surface area contributed by atoms with Crippen LogP contribution in [0.1, 0.15) is 23.6 Å². The number of likely N-dealkylation sites (tertiary alicyclic amines) is 1. The molecule has 0 saturated carbocycles. The van der Waals surface area contributed by atoms with Gasteiger partial charge in [0.25, 0.3) is 11.7 Å². The van der Waals surface area contributed by atoms with Crippen molar-refractivity contribution < 1.29 is 19.4 Å². The maximum absolute atomic E-state index is 13.0. The molecule has 1 amide bonds. The number of aryl methyl sites for hydroxylation is 1. The van der Waals surface area contributed by atoms with Crippen LogP contribution in [0.5, 0.6) is 5.75 Å². The molecule has 0 aliphatic carbocycles. The monoisotopic (exact) mass is 495 g/mol. The van der Waals surface area contributed by atoms with Gasteiger partial charge in [-0.15, -0.1) is 0 Å². The van der Waals surface area contributed by atoms with E-state index in [2.05, 4.69) is 20.9 Å². The molecule has 1 aliphatic rings. The number of carbonyl (C=O) groups excluding carboxylic acids is 2. The van der Waals surface area contributed by atoms with Gasteiger partial charge >= 0.3 is 0 Å². The Hall–Kier alpha value is -3.39. The molecule has 2 aromatic carbocycles. The first-order valence-electron chi connectivity index (χ1n) is 10.1. The standard InChI is InChI=1S/C24H22BrN3O4/c1-32-19-9-5-17(6-10-19)22(29)20-21(16-3-7-18(25)8-4-16)28(24(31)23(20)30)13-2-12-27-14-11-26-15-27/h3-11,14-15,21,29H,2,12-13H2,1H3/b22-20+/t21-/m0/s1. The van der Waals surface area contributed by atoms with Crippen molar-refractivity contribution in [2.24, 2.45) is 0 Å². The zero-order valence-corrected chi connectivity index (χ0v) is 19.0. The Morgan fingerprint density at radius 2 is 1.81 bits per heavy atom. The number of nitrogens with zero attached hydrogens (tertiary/aromatic N) is 3. The number of ether oxygens (including phenoxy) is 1. The van der Waals surface area contributed by atoms with Gasteiger partial charge in [-0.1, -0.05) is 28.1 Å². The summed E-state index contributed by atoms with van der Waals surface area (Å²) in [6, 6.07) is 13.5. The van der Waals surface area contributed by atoms with E-state index in [0.29, 0.717) is 30.8 Å². The van der Waals surface area contributed by atoms with Crippen LogP contribution in [0.4, 0.5) is 0 Å². The van der Waals surface area contributed by atoms with Crippen LogP contribution in [0.2, 0.25) is 0 Å². The third-order valence-corrected chi connectivity index (χ3v) is 5.99. The van der Waals surface area contributed by atoms with Crippen LogP contribution in [-0.4, -0.2) is 44.9 Å². The second-order valence-corrected chi connectivity index (χ2v) is 8.34. The summed E-state index contributed by atoms with van der Waals surface area (Å²) in [6.45, 7) is 1.03. The molecule has 1 saturated heterocycles. The molecular weight excluding hydrogens is 474 g/mol. The van der Waals surface area contributed by atoms with E-state index >= 15 is 0 Å². The van der Waals surface area contributed by atoms with Gasteiger partial charge in [-0.25, -0.2) is 4.98 Å². The Morgan fingerprint density at radius 1 is 1.09 bits per heavy atom. The summed E-state index contributed by atoms with van der Waals surface area (Å²) in [5.74, 6) is -0.866. The van der Waals surface area contributed by atoms with Crippen LogP contribution in [0, 0.1) is 0 Å². The molecule has 0 radical (unpaired) electrons. The normalized spacial score (nSPS) is 17.7. The Balaban J connectivity index is 1.71. The summed E-state index contributed by atoms with van der Waals surface area (Å²) in [5, 5.41) is 11.1. The predicted octanol–water partition coefficient (Wildman–Crippen LogP) is 4.17. The number of ketones is 1. The summed E-state index contributed by atoms with van der Waals surface area (Å²) in [4.78, 5) is 31.6. The van der Waals surface area contributed by atoms with Gasteiger partial charge < -0.3 is 19.3 Å². The van der Waals surface area contributed by atoms with Crippen LogP contribution in [-0.2, 0) is 16.1 Å². The average Bonchev–Trinajstić information content (AvgIpc) is 3.41. The summed E-state index contributed by atoms with van der Waals surface area (Å²) >= 11 is 3.42. The highest BCUT2D eigenvalue weighted by molar-refractivity contribution is 9.10. The lowest BCUT2D eigenvalue weighted by molar-refractivity contribution is -0.139. The number of methoxy groups -OCH3 is 1. The number of halogens is 1. The number of hydrogen-bond donors (Lipinski definition) is 1. The lowest BCUT2D eigenvalue weighted by atomic mass is 9.95. The molecule has 1 aliphatic heterocycles. The predicted molar refractivity (Wildman–Crippen MR) is 123 cm³/mol. The fourth-order valence-electron chi connectivity index (χ4n) is 3.85. The third-order valence-electron chi connectivity index (χ3n) is 5.46. The number of aliphatic hydroxyl groups excluding tert-OH is 1. The van der Waals surface area contributed by atoms with Crippen LogP contribution >= 0.6 is 15.9 Å². The van der Waals surface area contributed by atoms with Crippen LogP contribution in [0.25, 0.3) is 5.76 Å². The molecule has 1 fully saturated rings. The summed E-state index contributed by atoms with van der Waals surface area (Å²) in [7, 11) is 1.55. The zero-order valence-electron chi connectivity index (χ0n) is 17.4. The first-order chi connectivity index (χ1) is 15.5. The van der Waals surface area contributed by atoms with Gasteiger partial charge in [0.1, 0.15) is 11.5 Å². The highest BCUT2D eigenvalue weighted by Gasteiger charge is 2.45. The van der Waals surface area contributed by atoms with Gasteiger partial charge in [-0.2, -0.15) is 0 Å². The molecule has 3 aromatic rings. The minimum Gasteiger partial charge on any atom is -0.507 e. The van der Waals surface area contributed by atoms with Crippen molar-refractivity contribution in [1.29, 1.82) is 0 Å². The van der Waals surface area contributed by atoms with E-state index in [4.69, 9.17) is 4.74 Å². The number of benzene rings is 2. The highest BCUT2D eigenvalue weighted by Crippen LogP contribution is 2.40. The number of rotatable bonds is 7. The van der Waals surface area contributed by atoms with Gasteiger partial charge in [0.15, 0.2) is 0 Å². The fourth-order valence-corrected chi connectivity index (χ4v) is 4.11. The number of amides is 1. The second kappa shape index (κ2) is 9.40. The molecule has 0 spiro atoms. The number of aromatic nitrogens is 2. The van der Waals surface area contributed by atoms with Gasteiger partial charge in [0, 0.05) is 35.5 Å². The molecule has 8 heteroatoms. The summed E-state index contributed by atoms with van der Waals surface area (Å²) in [5.41, 5.74) is 1.29.